The van der Waals surface area contributed by atoms with E-state index in [4.69, 9.17) is 0 Å². The predicted molar refractivity (Wildman–Crippen MR) is 141 cm³/mol. The molecule has 0 fully saturated rings. The number of fused-ring (bicyclic) bond motifs is 1. The number of carbonyl (C=O) groups excluding carboxylic acids is 1. The molecule has 1 N–H and O–H groups in total. The first-order valence-electron chi connectivity index (χ1n) is 11.0. The van der Waals surface area contributed by atoms with Crippen LogP contribution >= 0.6 is 26.2 Å². The molecule has 3 aromatic heterocycles. The Morgan fingerprint density at radius 1 is 1.00 bits per heavy atom. The van der Waals surface area contributed by atoms with Crippen LogP contribution in [0.15, 0.2) is 82.7 Å². The molecule has 13 heteroatoms. The Kier molecular flexibility index (Phi) is 5.55. The number of amides is 1. The highest BCUT2D eigenvalue weighted by molar-refractivity contribution is 9.10. The molecule has 1 amide bonds. The molecular weight excluding hydrogens is 593 g/mol. The number of halogens is 6. The lowest BCUT2D eigenvalue weighted by Gasteiger charge is -2.40. The number of anilines is 1. The number of aromatic nitrogens is 4. The molecule has 0 spiro atoms. The van der Waals surface area contributed by atoms with E-state index in [9.17, 15) is 24.2 Å². The van der Waals surface area contributed by atoms with Crippen molar-refractivity contribution in [2.45, 2.75) is 18.7 Å². The molecule has 198 valence electrons. The predicted octanol–water partition coefficient (Wildman–Crippen LogP) is 8.48. The van der Waals surface area contributed by atoms with Gasteiger partial charge >= 0.3 is 10.2 Å². The summed E-state index contributed by atoms with van der Waals surface area (Å²) in [6, 6.07) is 10.3. The number of nitrogens with one attached hydrogen (secondary N) is 1. The highest BCUT2D eigenvalue weighted by atomic mass is 79.9. The van der Waals surface area contributed by atoms with Gasteiger partial charge in [0.15, 0.2) is 0 Å². The smallest absolute Gasteiger partial charge is 0.310 e. The molecule has 0 aliphatic heterocycles. The zero-order valence-corrected chi connectivity index (χ0v) is 22.2. The number of imidazole rings is 1. The van der Waals surface area contributed by atoms with Gasteiger partial charge in [-0.25, -0.2) is 4.52 Å². The van der Waals surface area contributed by atoms with Crippen LogP contribution in [0.3, 0.4) is 0 Å². The van der Waals surface area contributed by atoms with Crippen LogP contribution in [0.5, 0.6) is 0 Å². The summed E-state index contributed by atoms with van der Waals surface area (Å²) in [5, 5.41) is 7.11. The van der Waals surface area contributed by atoms with E-state index < -0.39 is 26.6 Å². The van der Waals surface area contributed by atoms with Crippen molar-refractivity contribution in [1.82, 2.24) is 19.2 Å². The molecule has 0 saturated carbocycles. The van der Waals surface area contributed by atoms with E-state index in [1.165, 1.54) is 0 Å². The second-order valence-electron chi connectivity index (χ2n) is 8.78. The SMILES string of the molecule is Cc1cc(NC(=O)c2cc(Br)cc(S(F)(F)(F)(F)F)c2)cc(-n2ccn3nc(-c4cccnc4)cc23)c1C. The zero-order valence-electron chi connectivity index (χ0n) is 19.8. The molecule has 0 saturated heterocycles. The van der Waals surface area contributed by atoms with Gasteiger partial charge in [0.05, 0.1) is 11.4 Å². The lowest BCUT2D eigenvalue weighted by Crippen LogP contribution is -2.15. The average Bonchev–Trinajstić information content (AvgIpc) is 3.41. The van der Waals surface area contributed by atoms with Gasteiger partial charge in [-0.2, -0.15) is 5.10 Å². The molecule has 0 radical (unpaired) electrons. The zero-order chi connectivity index (χ0) is 27.5. The molecule has 0 aliphatic rings. The highest BCUT2D eigenvalue weighted by Crippen LogP contribution is 3.02. The molecule has 38 heavy (non-hydrogen) atoms. The second-order valence-corrected chi connectivity index (χ2v) is 12.1. The first-order valence-corrected chi connectivity index (χ1v) is 13.8. The molecule has 0 unspecified atom stereocenters. The van der Waals surface area contributed by atoms with Gasteiger partial charge in [0, 0.05) is 52.1 Å². The number of hydrogen-bond donors (Lipinski definition) is 1. The number of pyridine rings is 1. The number of benzene rings is 2. The van der Waals surface area contributed by atoms with Crippen molar-refractivity contribution in [3.05, 3.63) is 94.5 Å². The maximum Gasteiger partial charge on any atom is 0.310 e. The van der Waals surface area contributed by atoms with Gasteiger partial charge in [-0.15, -0.1) is 0 Å². The fourth-order valence-corrected chi connectivity index (χ4v) is 5.37. The van der Waals surface area contributed by atoms with E-state index in [1.807, 2.05) is 30.5 Å². The Labute approximate surface area is 222 Å². The van der Waals surface area contributed by atoms with E-state index in [1.54, 1.807) is 47.5 Å². The molecule has 0 aliphatic carbocycles. The van der Waals surface area contributed by atoms with Crippen LogP contribution in [-0.2, 0) is 0 Å². The first-order chi connectivity index (χ1) is 17.6. The lowest BCUT2D eigenvalue weighted by atomic mass is 10.1. The van der Waals surface area contributed by atoms with Gasteiger partial charge in [-0.05, 0) is 67.4 Å². The van der Waals surface area contributed by atoms with Gasteiger partial charge in [-0.1, -0.05) is 35.4 Å². The van der Waals surface area contributed by atoms with E-state index in [-0.39, 0.29) is 22.3 Å². The normalized spacial score (nSPS) is 13.8. The monoisotopic (exact) mass is 611 g/mol. The minimum atomic E-state index is -9.99. The van der Waals surface area contributed by atoms with Gasteiger partial charge < -0.3 is 5.32 Å². The molecule has 6 nitrogen and oxygen atoms in total. The van der Waals surface area contributed by atoms with Crippen molar-refractivity contribution in [3.63, 3.8) is 0 Å². The number of aryl methyl sites for hydroxylation is 1. The minimum Gasteiger partial charge on any atom is -0.322 e. The largest absolute Gasteiger partial charge is 0.322 e. The van der Waals surface area contributed by atoms with Crippen molar-refractivity contribution < 1.29 is 24.2 Å². The topological polar surface area (TPSA) is 64.2 Å². The fraction of sp³-hybridized carbons (Fsp3) is 0.0800. The van der Waals surface area contributed by atoms with Crippen LogP contribution in [-0.4, -0.2) is 25.1 Å². The van der Waals surface area contributed by atoms with Crippen molar-refractivity contribution in [3.8, 4) is 16.9 Å². The molecule has 2 aromatic carbocycles. The third-order valence-electron chi connectivity index (χ3n) is 6.01. The Bertz CT molecular complexity index is 1730. The van der Waals surface area contributed by atoms with E-state index in [0.717, 1.165) is 28.4 Å². The molecule has 5 aromatic rings. The summed E-state index contributed by atoms with van der Waals surface area (Å²) in [4.78, 5) is 14.8. The van der Waals surface area contributed by atoms with E-state index in [0.29, 0.717) is 11.4 Å². The Hall–Kier alpha value is -3.71. The number of rotatable bonds is 5. The van der Waals surface area contributed by atoms with Crippen molar-refractivity contribution in [2.75, 3.05) is 5.32 Å². The summed E-state index contributed by atoms with van der Waals surface area (Å²) in [6.45, 7) is 3.71. The van der Waals surface area contributed by atoms with Crippen molar-refractivity contribution in [1.29, 1.82) is 0 Å². The molecule has 3 heterocycles. The number of carbonyl (C=O) groups is 1. The number of hydrogen-bond acceptors (Lipinski definition) is 3. The third-order valence-corrected chi connectivity index (χ3v) is 7.60. The quantitative estimate of drug-likeness (QED) is 0.203. The summed E-state index contributed by atoms with van der Waals surface area (Å²) < 4.78 is 70.1. The highest BCUT2D eigenvalue weighted by Gasteiger charge is 2.65. The van der Waals surface area contributed by atoms with Crippen LogP contribution in [0.2, 0.25) is 0 Å². The standard InChI is InChI=1S/C25H19BrF5N5OS/c1-15-8-20(33-25(37)18-9-19(26)11-21(10-18)38(27,28,29,30)31)12-23(16(15)2)35-6-7-36-24(35)13-22(34-36)17-4-3-5-32-14-17/h3-14H,1-2H3,(H,33,37). The van der Waals surface area contributed by atoms with Gasteiger partial charge in [0.1, 0.15) is 10.5 Å². The van der Waals surface area contributed by atoms with Crippen LogP contribution in [0.1, 0.15) is 21.5 Å². The fourth-order valence-electron chi connectivity index (χ4n) is 4.02. The summed E-state index contributed by atoms with van der Waals surface area (Å²) >= 11 is 2.80. The Balaban J connectivity index is 1.52. The average molecular weight is 612 g/mol. The first kappa shape index (κ1) is 25.9. The molecule has 0 bridgehead atoms. The summed E-state index contributed by atoms with van der Waals surface area (Å²) in [5.41, 5.74) is 4.34. The molecular formula is C25H19BrF5N5OS. The summed E-state index contributed by atoms with van der Waals surface area (Å²) in [7, 11) is -9.99. The summed E-state index contributed by atoms with van der Waals surface area (Å²) in [6.07, 6.45) is 6.91. The Morgan fingerprint density at radius 3 is 2.45 bits per heavy atom. The Morgan fingerprint density at radius 2 is 1.76 bits per heavy atom. The van der Waals surface area contributed by atoms with Gasteiger partial charge in [0.25, 0.3) is 5.91 Å². The van der Waals surface area contributed by atoms with E-state index in [2.05, 4.69) is 31.3 Å². The second kappa shape index (κ2) is 8.14. The van der Waals surface area contributed by atoms with Crippen LogP contribution in [0, 0.1) is 13.8 Å². The van der Waals surface area contributed by atoms with Crippen LogP contribution < -0.4 is 5.32 Å². The van der Waals surface area contributed by atoms with E-state index >= 15 is 0 Å². The molecule has 0 atom stereocenters. The number of nitrogens with zero attached hydrogens (tertiary/aromatic N) is 4. The lowest BCUT2D eigenvalue weighted by molar-refractivity contribution is 0.102. The van der Waals surface area contributed by atoms with Crippen LogP contribution in [0.25, 0.3) is 22.6 Å². The molecule has 5 rings (SSSR count). The summed E-state index contributed by atoms with van der Waals surface area (Å²) in [5.74, 6) is -0.968. The third kappa shape index (κ3) is 5.03. The van der Waals surface area contributed by atoms with Crippen molar-refractivity contribution in [2.24, 2.45) is 0 Å². The maximum atomic E-state index is 13.4. The minimum absolute atomic E-state index is 0.158. The maximum absolute atomic E-state index is 13.4. The van der Waals surface area contributed by atoms with Crippen molar-refractivity contribution >= 4 is 43.4 Å². The van der Waals surface area contributed by atoms with Gasteiger partial charge in [-0.3, -0.25) is 14.3 Å². The van der Waals surface area contributed by atoms with Gasteiger partial charge in [0.2, 0.25) is 0 Å². The van der Waals surface area contributed by atoms with Crippen LogP contribution in [0.4, 0.5) is 25.1 Å².